The van der Waals surface area contributed by atoms with Gasteiger partial charge in [-0.15, -0.1) is 0 Å². The van der Waals surface area contributed by atoms with Gasteiger partial charge in [0.2, 0.25) is 5.88 Å². The fourth-order valence-corrected chi connectivity index (χ4v) is 2.32. The van der Waals surface area contributed by atoms with Crippen molar-refractivity contribution in [1.82, 2.24) is 15.0 Å². The van der Waals surface area contributed by atoms with Crippen LogP contribution in [0.1, 0.15) is 17.4 Å². The summed E-state index contributed by atoms with van der Waals surface area (Å²) in [6, 6.07) is 9.49. The van der Waals surface area contributed by atoms with Crippen LogP contribution in [-0.4, -0.2) is 38.2 Å². The molecule has 0 spiro atoms. The third-order valence-corrected chi connectivity index (χ3v) is 3.90. The van der Waals surface area contributed by atoms with Crippen LogP contribution in [0.15, 0.2) is 48.7 Å². The highest BCUT2D eigenvalue weighted by atomic mass is 19.1. The number of carbonyl (C=O) groups excluding carboxylic acids is 1. The molecule has 1 aromatic carbocycles. The minimum absolute atomic E-state index is 0.0194. The molecule has 2 atom stereocenters. The van der Waals surface area contributed by atoms with Gasteiger partial charge in [-0.3, -0.25) is 4.79 Å². The maximum atomic E-state index is 13.0. The van der Waals surface area contributed by atoms with E-state index in [0.717, 1.165) is 0 Å². The Morgan fingerprint density at radius 3 is 2.59 bits per heavy atom. The number of ether oxygens (including phenoxy) is 1. The first-order valence-corrected chi connectivity index (χ1v) is 8.61. The van der Waals surface area contributed by atoms with Gasteiger partial charge < -0.3 is 26.6 Å². The van der Waals surface area contributed by atoms with Crippen molar-refractivity contribution in [3.05, 3.63) is 60.2 Å². The second kappa shape index (κ2) is 8.59. The minimum Gasteiger partial charge on any atom is -0.439 e. The summed E-state index contributed by atoms with van der Waals surface area (Å²) in [4.78, 5) is 24.3. The molecule has 0 radical (unpaired) electrons. The number of nitrogens with one attached hydrogen (secondary N) is 1. The molecule has 6 N–H and O–H groups in total. The van der Waals surface area contributed by atoms with Crippen LogP contribution in [0.25, 0.3) is 11.4 Å². The summed E-state index contributed by atoms with van der Waals surface area (Å²) in [6.07, 6.45) is 0.343. The lowest BCUT2D eigenvalue weighted by Crippen LogP contribution is -2.38. The monoisotopic (exact) mass is 398 g/mol. The molecule has 2 aromatic heterocycles. The third kappa shape index (κ3) is 5.21. The first-order chi connectivity index (χ1) is 13.8. The van der Waals surface area contributed by atoms with Crippen LogP contribution in [0.2, 0.25) is 0 Å². The van der Waals surface area contributed by atoms with Gasteiger partial charge in [0, 0.05) is 23.9 Å². The van der Waals surface area contributed by atoms with Gasteiger partial charge in [0.25, 0.3) is 5.91 Å². The van der Waals surface area contributed by atoms with Gasteiger partial charge in [0.15, 0.2) is 5.82 Å². The summed E-state index contributed by atoms with van der Waals surface area (Å²) in [6.45, 7) is 1.65. The van der Waals surface area contributed by atoms with Crippen molar-refractivity contribution in [2.75, 3.05) is 5.32 Å². The van der Waals surface area contributed by atoms with Crippen LogP contribution in [0.5, 0.6) is 11.6 Å². The van der Waals surface area contributed by atoms with E-state index in [2.05, 4.69) is 20.3 Å². The van der Waals surface area contributed by atoms with Gasteiger partial charge in [-0.2, -0.15) is 0 Å². The second-order valence-corrected chi connectivity index (χ2v) is 6.19. The topological polar surface area (TPSA) is 149 Å². The number of benzene rings is 1. The summed E-state index contributed by atoms with van der Waals surface area (Å²) in [7, 11) is 0. The van der Waals surface area contributed by atoms with Crippen LogP contribution in [0.4, 0.5) is 10.2 Å². The lowest BCUT2D eigenvalue weighted by atomic mass is 10.2. The number of primary amides is 1. The highest BCUT2D eigenvalue weighted by Gasteiger charge is 2.15. The zero-order chi connectivity index (χ0) is 21.0. The Bertz CT molecular complexity index is 1010. The summed E-state index contributed by atoms with van der Waals surface area (Å²) >= 11 is 0. The van der Waals surface area contributed by atoms with Gasteiger partial charge in [0.1, 0.15) is 29.3 Å². The highest BCUT2D eigenvalue weighted by Crippen LogP contribution is 2.25. The zero-order valence-corrected chi connectivity index (χ0v) is 15.4. The number of rotatable bonds is 7. The average Bonchev–Trinajstić information content (AvgIpc) is 2.69. The standard InChI is InChI=1S/C19H19FN6O3/c1-10(17(21)27)24-15-9-14(18(22)28)25-19(26-15)11-6-7-23-16(8-11)29-13-4-2-12(20)3-5-13/h2-10,17,27H,21H2,1H3,(H2,22,28)(H,24,25,26). The summed E-state index contributed by atoms with van der Waals surface area (Å²) in [5, 5.41) is 12.4. The van der Waals surface area contributed by atoms with Crippen LogP contribution in [0.3, 0.4) is 0 Å². The molecule has 3 rings (SSSR count). The Hall–Kier alpha value is -3.63. The summed E-state index contributed by atoms with van der Waals surface area (Å²) < 4.78 is 18.6. The van der Waals surface area contributed by atoms with Gasteiger partial charge in [-0.1, -0.05) is 0 Å². The molecule has 0 aliphatic heterocycles. The predicted octanol–water partition coefficient (Wildman–Crippen LogP) is 1.65. The van der Waals surface area contributed by atoms with Crippen LogP contribution in [-0.2, 0) is 0 Å². The van der Waals surface area contributed by atoms with E-state index >= 15 is 0 Å². The van der Waals surface area contributed by atoms with E-state index in [4.69, 9.17) is 16.2 Å². The average molecular weight is 398 g/mol. The maximum absolute atomic E-state index is 13.0. The van der Waals surface area contributed by atoms with Crippen molar-refractivity contribution in [3.63, 3.8) is 0 Å². The quantitative estimate of drug-likeness (QED) is 0.439. The van der Waals surface area contributed by atoms with Crippen molar-refractivity contribution in [1.29, 1.82) is 0 Å². The van der Waals surface area contributed by atoms with Crippen molar-refractivity contribution < 1.29 is 19.0 Å². The largest absolute Gasteiger partial charge is 0.439 e. The van der Waals surface area contributed by atoms with Crippen LogP contribution >= 0.6 is 0 Å². The smallest absolute Gasteiger partial charge is 0.267 e. The molecule has 2 heterocycles. The van der Waals surface area contributed by atoms with Crippen molar-refractivity contribution in [2.45, 2.75) is 19.2 Å². The molecule has 29 heavy (non-hydrogen) atoms. The number of hydrogen-bond acceptors (Lipinski definition) is 8. The summed E-state index contributed by atoms with van der Waals surface area (Å²) in [5.74, 6) is -0.0482. The van der Waals surface area contributed by atoms with E-state index in [1.165, 1.54) is 36.5 Å². The molecular formula is C19H19FN6O3. The number of nitrogens with two attached hydrogens (primary N) is 2. The number of amides is 1. The minimum atomic E-state index is -1.14. The Kier molecular flexibility index (Phi) is 5.96. The summed E-state index contributed by atoms with van der Waals surface area (Å²) in [5.41, 5.74) is 11.3. The fourth-order valence-electron chi connectivity index (χ4n) is 2.32. The maximum Gasteiger partial charge on any atom is 0.267 e. The molecule has 10 heteroatoms. The number of halogens is 1. The second-order valence-electron chi connectivity index (χ2n) is 6.19. The normalized spacial score (nSPS) is 12.8. The van der Waals surface area contributed by atoms with Crippen LogP contribution in [0, 0.1) is 5.82 Å². The van der Waals surface area contributed by atoms with E-state index in [0.29, 0.717) is 11.3 Å². The predicted molar refractivity (Wildman–Crippen MR) is 104 cm³/mol. The van der Waals surface area contributed by atoms with Crippen LogP contribution < -0.4 is 21.5 Å². The first kappa shape index (κ1) is 20.1. The number of aliphatic hydroxyl groups is 1. The number of aliphatic hydroxyl groups excluding tert-OH is 1. The molecule has 0 aliphatic rings. The molecular weight excluding hydrogens is 379 g/mol. The molecule has 150 valence electrons. The third-order valence-electron chi connectivity index (χ3n) is 3.90. The molecule has 0 aliphatic carbocycles. The van der Waals surface area contributed by atoms with E-state index in [1.807, 2.05) is 0 Å². The molecule has 0 saturated carbocycles. The van der Waals surface area contributed by atoms with E-state index < -0.39 is 18.2 Å². The molecule has 1 amide bonds. The number of nitrogens with zero attached hydrogens (tertiary/aromatic N) is 3. The number of hydrogen-bond donors (Lipinski definition) is 4. The lowest BCUT2D eigenvalue weighted by Gasteiger charge is -2.17. The molecule has 3 aromatic rings. The van der Waals surface area contributed by atoms with E-state index in [9.17, 15) is 14.3 Å². The Balaban J connectivity index is 1.93. The SMILES string of the molecule is CC(Nc1cc(C(N)=O)nc(-c2ccnc(Oc3ccc(F)cc3)c2)n1)C(N)O. The fraction of sp³-hybridized carbons (Fsp3) is 0.158. The molecule has 0 fully saturated rings. The Morgan fingerprint density at radius 2 is 1.93 bits per heavy atom. The highest BCUT2D eigenvalue weighted by molar-refractivity contribution is 5.92. The molecule has 9 nitrogen and oxygen atoms in total. The van der Waals surface area contributed by atoms with Crippen molar-refractivity contribution >= 4 is 11.7 Å². The molecule has 0 bridgehead atoms. The Labute approximate surface area is 165 Å². The number of anilines is 1. The molecule has 2 unspecified atom stereocenters. The van der Waals surface area contributed by atoms with E-state index in [1.54, 1.807) is 19.1 Å². The zero-order valence-electron chi connectivity index (χ0n) is 15.4. The number of aromatic nitrogens is 3. The first-order valence-electron chi connectivity index (χ1n) is 8.61. The lowest BCUT2D eigenvalue weighted by molar-refractivity contribution is 0.0995. The van der Waals surface area contributed by atoms with Gasteiger partial charge in [-0.25, -0.2) is 19.3 Å². The van der Waals surface area contributed by atoms with Gasteiger partial charge >= 0.3 is 0 Å². The van der Waals surface area contributed by atoms with Gasteiger partial charge in [-0.05, 0) is 37.3 Å². The van der Waals surface area contributed by atoms with Gasteiger partial charge in [0.05, 0.1) is 6.04 Å². The number of pyridine rings is 1. The number of carbonyl (C=O) groups is 1. The molecule has 0 saturated heterocycles. The Morgan fingerprint density at radius 1 is 1.21 bits per heavy atom. The van der Waals surface area contributed by atoms with E-state index in [-0.39, 0.29) is 29.0 Å². The van der Waals surface area contributed by atoms with Crippen molar-refractivity contribution in [3.8, 4) is 23.0 Å². The van der Waals surface area contributed by atoms with Crippen molar-refractivity contribution in [2.24, 2.45) is 11.5 Å².